The number of benzene rings is 1. The van der Waals surface area contributed by atoms with Crippen LogP contribution in [0.5, 0.6) is 0 Å². The van der Waals surface area contributed by atoms with E-state index in [-0.39, 0.29) is 0 Å². The molecule has 5 nitrogen and oxygen atoms in total. The summed E-state index contributed by atoms with van der Waals surface area (Å²) in [5.74, 6) is 0. The van der Waals surface area contributed by atoms with E-state index in [0.717, 1.165) is 0 Å². The molecular formula is C8H8F2N4O. The Kier molecular flexibility index (Phi) is 2.36. The molecule has 80 valence electrons. The van der Waals surface area contributed by atoms with Gasteiger partial charge in [0.1, 0.15) is 0 Å². The predicted molar refractivity (Wildman–Crippen MR) is 50.7 cm³/mol. The van der Waals surface area contributed by atoms with Gasteiger partial charge in [0.15, 0.2) is 11.0 Å². The van der Waals surface area contributed by atoms with Crippen molar-refractivity contribution in [2.24, 2.45) is 0 Å². The lowest BCUT2D eigenvalue weighted by molar-refractivity contribution is 0.163. The van der Waals surface area contributed by atoms with Gasteiger partial charge in [-0.2, -0.15) is 0 Å². The van der Waals surface area contributed by atoms with Gasteiger partial charge in [-0.05, 0) is 22.4 Å². The zero-order chi connectivity index (χ0) is 10.8. The van der Waals surface area contributed by atoms with Gasteiger partial charge < -0.3 is 11.1 Å². The van der Waals surface area contributed by atoms with Crippen molar-refractivity contribution in [3.05, 3.63) is 12.1 Å². The Morgan fingerprint density at radius 3 is 2.80 bits per heavy atom. The Balaban J connectivity index is 2.35. The van der Waals surface area contributed by atoms with Crippen molar-refractivity contribution in [3.8, 4) is 0 Å². The molecule has 0 aliphatic rings. The summed E-state index contributed by atoms with van der Waals surface area (Å²) in [4.78, 5) is 0. The Morgan fingerprint density at radius 2 is 2.07 bits per heavy atom. The van der Waals surface area contributed by atoms with E-state index >= 15 is 0 Å². The molecule has 1 heterocycles. The molecule has 0 spiro atoms. The maximum Gasteiger partial charge on any atom is 0.255 e. The van der Waals surface area contributed by atoms with Crippen LogP contribution >= 0.6 is 0 Å². The molecular weight excluding hydrogens is 206 g/mol. The summed E-state index contributed by atoms with van der Waals surface area (Å²) in [7, 11) is 0. The van der Waals surface area contributed by atoms with E-state index in [1.807, 2.05) is 0 Å². The van der Waals surface area contributed by atoms with E-state index in [1.165, 1.54) is 0 Å². The van der Waals surface area contributed by atoms with Crippen LogP contribution in [0.25, 0.3) is 11.0 Å². The molecule has 0 radical (unpaired) electrons. The van der Waals surface area contributed by atoms with E-state index in [0.29, 0.717) is 22.4 Å². The number of nitrogens with zero attached hydrogens (tertiary/aromatic N) is 2. The number of nitrogen functional groups attached to an aromatic ring is 1. The van der Waals surface area contributed by atoms with Gasteiger partial charge in [0, 0.05) is 0 Å². The lowest BCUT2D eigenvalue weighted by atomic mass is 10.2. The first-order chi connectivity index (χ1) is 7.18. The van der Waals surface area contributed by atoms with Crippen LogP contribution in [0.4, 0.5) is 20.2 Å². The third kappa shape index (κ3) is 1.80. The first kappa shape index (κ1) is 9.63. The minimum absolute atomic E-state index is 0.357. The van der Waals surface area contributed by atoms with Gasteiger partial charge in [0.05, 0.1) is 17.9 Å². The number of alkyl halides is 2. The van der Waals surface area contributed by atoms with Gasteiger partial charge in [-0.15, -0.1) is 0 Å². The van der Waals surface area contributed by atoms with E-state index in [1.54, 1.807) is 12.1 Å². The van der Waals surface area contributed by atoms with Crippen LogP contribution in [0.2, 0.25) is 0 Å². The second kappa shape index (κ2) is 3.68. The standard InChI is InChI=1S/C8H8F2N4O/c9-6(10)3-12-5-2-1-4(11)7-8(5)14-15-13-7/h1-2,6,12H,3,11H2. The zero-order valence-corrected chi connectivity index (χ0v) is 7.58. The smallest absolute Gasteiger partial charge is 0.255 e. The number of nitrogens with two attached hydrogens (primary N) is 1. The molecule has 0 fully saturated rings. The molecule has 1 aromatic heterocycles. The molecule has 0 amide bonds. The van der Waals surface area contributed by atoms with Gasteiger partial charge in [-0.25, -0.2) is 13.4 Å². The van der Waals surface area contributed by atoms with Crippen LogP contribution in [0.3, 0.4) is 0 Å². The molecule has 0 atom stereocenters. The third-order valence-corrected chi connectivity index (χ3v) is 1.89. The molecule has 0 saturated carbocycles. The minimum atomic E-state index is -2.43. The monoisotopic (exact) mass is 214 g/mol. The Morgan fingerprint density at radius 1 is 1.33 bits per heavy atom. The summed E-state index contributed by atoms with van der Waals surface area (Å²) in [6.07, 6.45) is -2.43. The van der Waals surface area contributed by atoms with Crippen LogP contribution in [-0.2, 0) is 0 Å². The van der Waals surface area contributed by atoms with Crippen molar-refractivity contribution in [1.82, 2.24) is 10.3 Å². The molecule has 7 heteroatoms. The highest BCUT2D eigenvalue weighted by molar-refractivity contribution is 5.94. The first-order valence-corrected chi connectivity index (χ1v) is 4.21. The Hall–Kier alpha value is -1.92. The first-order valence-electron chi connectivity index (χ1n) is 4.21. The highest BCUT2D eigenvalue weighted by Crippen LogP contribution is 2.24. The van der Waals surface area contributed by atoms with E-state index in [9.17, 15) is 8.78 Å². The van der Waals surface area contributed by atoms with Crippen molar-refractivity contribution in [3.63, 3.8) is 0 Å². The van der Waals surface area contributed by atoms with Gasteiger partial charge in [0.25, 0.3) is 6.43 Å². The number of rotatable bonds is 3. The lowest BCUT2D eigenvalue weighted by Gasteiger charge is -2.05. The van der Waals surface area contributed by atoms with E-state index in [4.69, 9.17) is 5.73 Å². The van der Waals surface area contributed by atoms with Crippen LogP contribution in [0.1, 0.15) is 0 Å². The van der Waals surface area contributed by atoms with E-state index in [2.05, 4.69) is 20.3 Å². The molecule has 2 aromatic rings. The summed E-state index contributed by atoms with van der Waals surface area (Å²) in [5.41, 5.74) is 7.14. The van der Waals surface area contributed by atoms with Crippen molar-refractivity contribution in [1.29, 1.82) is 0 Å². The summed E-state index contributed by atoms with van der Waals surface area (Å²) < 4.78 is 28.4. The summed E-state index contributed by atoms with van der Waals surface area (Å²) in [6.45, 7) is -0.453. The topological polar surface area (TPSA) is 77.0 Å². The Labute approximate surface area is 83.2 Å². The molecule has 15 heavy (non-hydrogen) atoms. The predicted octanol–water partition coefficient (Wildman–Crippen LogP) is 1.48. The fourth-order valence-electron chi connectivity index (χ4n) is 1.22. The number of hydrogen-bond donors (Lipinski definition) is 2. The summed E-state index contributed by atoms with van der Waals surface area (Å²) in [5, 5.41) is 9.68. The third-order valence-electron chi connectivity index (χ3n) is 1.89. The number of aromatic nitrogens is 2. The SMILES string of the molecule is Nc1ccc(NCC(F)F)c2nonc12. The number of nitrogens with one attached hydrogen (secondary N) is 1. The number of halogens is 2. The maximum absolute atomic E-state index is 12.0. The summed E-state index contributed by atoms with van der Waals surface area (Å²) in [6, 6.07) is 3.12. The number of fused-ring (bicyclic) bond motifs is 1. The normalized spacial score (nSPS) is 11.1. The molecule has 2 rings (SSSR count). The number of anilines is 2. The second-order valence-electron chi connectivity index (χ2n) is 2.94. The number of hydrogen-bond acceptors (Lipinski definition) is 5. The zero-order valence-electron chi connectivity index (χ0n) is 7.58. The average molecular weight is 214 g/mol. The lowest BCUT2D eigenvalue weighted by Crippen LogP contribution is -2.10. The van der Waals surface area contributed by atoms with Crippen molar-refractivity contribution < 1.29 is 13.4 Å². The van der Waals surface area contributed by atoms with Crippen LogP contribution in [0.15, 0.2) is 16.8 Å². The molecule has 0 bridgehead atoms. The van der Waals surface area contributed by atoms with Crippen LogP contribution in [0, 0.1) is 0 Å². The molecule has 0 aliphatic heterocycles. The Bertz CT molecular complexity index is 471. The van der Waals surface area contributed by atoms with Crippen molar-refractivity contribution in [2.75, 3.05) is 17.6 Å². The molecule has 0 saturated heterocycles. The maximum atomic E-state index is 12.0. The molecule has 1 aromatic carbocycles. The fraction of sp³-hybridized carbons (Fsp3) is 0.250. The molecule has 3 N–H and O–H groups in total. The van der Waals surface area contributed by atoms with Gasteiger partial charge in [0.2, 0.25) is 0 Å². The van der Waals surface area contributed by atoms with Crippen LogP contribution in [-0.4, -0.2) is 23.3 Å². The highest BCUT2D eigenvalue weighted by atomic mass is 19.3. The quantitative estimate of drug-likeness (QED) is 0.757. The average Bonchev–Trinajstić information content (AvgIpc) is 2.66. The fourth-order valence-corrected chi connectivity index (χ4v) is 1.22. The molecule has 0 aliphatic carbocycles. The highest BCUT2D eigenvalue weighted by Gasteiger charge is 2.10. The second-order valence-corrected chi connectivity index (χ2v) is 2.94. The largest absolute Gasteiger partial charge is 0.397 e. The molecule has 0 unspecified atom stereocenters. The van der Waals surface area contributed by atoms with Gasteiger partial charge in [-0.1, -0.05) is 0 Å². The van der Waals surface area contributed by atoms with Gasteiger partial charge >= 0.3 is 0 Å². The minimum Gasteiger partial charge on any atom is -0.397 e. The van der Waals surface area contributed by atoms with Crippen molar-refractivity contribution >= 4 is 22.4 Å². The van der Waals surface area contributed by atoms with E-state index < -0.39 is 13.0 Å². The summed E-state index contributed by atoms with van der Waals surface area (Å²) >= 11 is 0. The van der Waals surface area contributed by atoms with Crippen molar-refractivity contribution in [2.45, 2.75) is 6.43 Å². The van der Waals surface area contributed by atoms with Gasteiger partial charge in [-0.3, -0.25) is 0 Å². The van der Waals surface area contributed by atoms with Crippen LogP contribution < -0.4 is 11.1 Å².